The summed E-state index contributed by atoms with van der Waals surface area (Å²) in [4.78, 5) is 12.3. The van der Waals surface area contributed by atoms with Crippen LogP contribution in [-0.2, 0) is 13.0 Å². The van der Waals surface area contributed by atoms with Gasteiger partial charge in [-0.1, -0.05) is 13.8 Å². The molecule has 7 heteroatoms. The molecule has 0 aromatic carbocycles. The van der Waals surface area contributed by atoms with Crippen molar-refractivity contribution < 1.29 is 4.79 Å². The molecule has 20 heavy (non-hydrogen) atoms. The summed E-state index contributed by atoms with van der Waals surface area (Å²) in [5, 5.41) is 20.1. The van der Waals surface area contributed by atoms with Crippen molar-refractivity contribution in [2.24, 2.45) is 0 Å². The molecule has 0 saturated heterocycles. The molecule has 1 amide bonds. The van der Waals surface area contributed by atoms with E-state index >= 15 is 0 Å². The van der Waals surface area contributed by atoms with Crippen LogP contribution in [0.4, 0.5) is 5.82 Å². The molecule has 0 radical (unpaired) electrons. The predicted molar refractivity (Wildman–Crippen MR) is 74.6 cm³/mol. The van der Waals surface area contributed by atoms with Gasteiger partial charge in [-0.25, -0.2) is 0 Å². The molecule has 1 aliphatic heterocycles. The van der Waals surface area contributed by atoms with Gasteiger partial charge in [-0.05, 0) is 5.92 Å². The minimum absolute atomic E-state index is 0.229. The van der Waals surface area contributed by atoms with Gasteiger partial charge in [0.1, 0.15) is 0 Å². The molecule has 0 aliphatic carbocycles. The van der Waals surface area contributed by atoms with Crippen molar-refractivity contribution in [2.75, 3.05) is 11.9 Å². The molecule has 2 aromatic heterocycles. The number of carbonyl (C=O) groups excluding carboxylic acids is 1. The minimum Gasteiger partial charge on any atom is -0.312 e. The van der Waals surface area contributed by atoms with Gasteiger partial charge in [0, 0.05) is 42.5 Å². The van der Waals surface area contributed by atoms with E-state index in [1.807, 2.05) is 6.07 Å². The molecule has 0 spiro atoms. The first-order chi connectivity index (χ1) is 9.65. The molecule has 7 nitrogen and oxygen atoms in total. The van der Waals surface area contributed by atoms with Crippen LogP contribution in [0.5, 0.6) is 0 Å². The lowest BCUT2D eigenvalue weighted by Crippen LogP contribution is -2.25. The van der Waals surface area contributed by atoms with E-state index in [0.29, 0.717) is 24.0 Å². The Morgan fingerprint density at radius 1 is 1.35 bits per heavy atom. The van der Waals surface area contributed by atoms with Crippen LogP contribution in [-0.4, -0.2) is 32.8 Å². The van der Waals surface area contributed by atoms with Crippen LogP contribution < -0.4 is 10.6 Å². The van der Waals surface area contributed by atoms with Gasteiger partial charge in [0.25, 0.3) is 5.91 Å². The molecule has 0 bridgehead atoms. The quantitative estimate of drug-likeness (QED) is 0.675. The summed E-state index contributed by atoms with van der Waals surface area (Å²) in [6, 6.07) is 1.85. The number of aromatic nitrogens is 4. The second-order valence-electron chi connectivity index (χ2n) is 5.27. The summed E-state index contributed by atoms with van der Waals surface area (Å²) >= 11 is 0. The maximum atomic E-state index is 12.3. The standard InChI is InChI=1S/C13H18N6O/c1-7(2)10-5-11(18-17-10)15-13(20)12-8-6-14-4-3-9(8)16-19-12/h5,7,14H,3-4,6H2,1-2H3,(H,16,19)(H2,15,17,18,20). The minimum atomic E-state index is -0.229. The van der Waals surface area contributed by atoms with Gasteiger partial charge in [-0.3, -0.25) is 15.0 Å². The zero-order valence-electron chi connectivity index (χ0n) is 11.6. The van der Waals surface area contributed by atoms with Crippen molar-refractivity contribution in [2.45, 2.75) is 32.7 Å². The summed E-state index contributed by atoms with van der Waals surface area (Å²) in [5.41, 5.74) is 3.43. The molecule has 0 atom stereocenters. The number of nitrogens with one attached hydrogen (secondary N) is 4. The van der Waals surface area contributed by atoms with Crippen molar-refractivity contribution in [3.05, 3.63) is 28.7 Å². The summed E-state index contributed by atoms with van der Waals surface area (Å²) in [6.07, 6.45) is 0.871. The fraction of sp³-hybridized carbons (Fsp3) is 0.462. The number of aromatic amines is 2. The Morgan fingerprint density at radius 3 is 2.95 bits per heavy atom. The van der Waals surface area contributed by atoms with Crippen molar-refractivity contribution in [3.8, 4) is 0 Å². The van der Waals surface area contributed by atoms with Crippen LogP contribution in [0.15, 0.2) is 6.07 Å². The zero-order chi connectivity index (χ0) is 14.1. The van der Waals surface area contributed by atoms with Gasteiger partial charge in [0.05, 0.1) is 0 Å². The fourth-order valence-electron chi connectivity index (χ4n) is 2.29. The van der Waals surface area contributed by atoms with Crippen LogP contribution >= 0.6 is 0 Å². The third-order valence-corrected chi connectivity index (χ3v) is 3.48. The van der Waals surface area contributed by atoms with E-state index in [1.165, 1.54) is 0 Å². The molecule has 0 saturated carbocycles. The summed E-state index contributed by atoms with van der Waals surface area (Å²) in [5.74, 6) is 0.641. The summed E-state index contributed by atoms with van der Waals surface area (Å²) in [6.45, 7) is 5.71. The van der Waals surface area contributed by atoms with Crippen LogP contribution in [0.25, 0.3) is 0 Å². The number of anilines is 1. The lowest BCUT2D eigenvalue weighted by Gasteiger charge is -2.12. The lowest BCUT2D eigenvalue weighted by molar-refractivity contribution is 0.102. The molecule has 1 aliphatic rings. The number of nitrogens with zero attached hydrogens (tertiary/aromatic N) is 2. The molecular weight excluding hydrogens is 256 g/mol. The molecule has 106 valence electrons. The topological polar surface area (TPSA) is 98.5 Å². The maximum Gasteiger partial charge on any atom is 0.277 e. The first-order valence-corrected chi connectivity index (χ1v) is 6.78. The van der Waals surface area contributed by atoms with E-state index in [4.69, 9.17) is 0 Å². The monoisotopic (exact) mass is 274 g/mol. The van der Waals surface area contributed by atoms with E-state index in [9.17, 15) is 4.79 Å². The van der Waals surface area contributed by atoms with E-state index in [0.717, 1.165) is 29.9 Å². The molecular formula is C13H18N6O. The third kappa shape index (κ3) is 2.32. The number of hydrogen-bond donors (Lipinski definition) is 4. The predicted octanol–water partition coefficient (Wildman–Crippen LogP) is 1.15. The highest BCUT2D eigenvalue weighted by atomic mass is 16.2. The van der Waals surface area contributed by atoms with Crippen molar-refractivity contribution in [3.63, 3.8) is 0 Å². The van der Waals surface area contributed by atoms with E-state index in [2.05, 4.69) is 44.9 Å². The Kier molecular flexibility index (Phi) is 3.27. The Hall–Kier alpha value is -2.15. The Bertz CT molecular complexity index is 627. The number of rotatable bonds is 3. The molecule has 3 rings (SSSR count). The Labute approximate surface area is 116 Å². The summed E-state index contributed by atoms with van der Waals surface area (Å²) < 4.78 is 0. The maximum absolute atomic E-state index is 12.3. The smallest absolute Gasteiger partial charge is 0.277 e. The first-order valence-electron chi connectivity index (χ1n) is 6.78. The number of H-pyrrole nitrogens is 2. The van der Waals surface area contributed by atoms with Gasteiger partial charge in [0.2, 0.25) is 0 Å². The molecule has 3 heterocycles. The van der Waals surface area contributed by atoms with Crippen LogP contribution in [0.2, 0.25) is 0 Å². The van der Waals surface area contributed by atoms with Crippen molar-refractivity contribution in [1.82, 2.24) is 25.7 Å². The number of fused-ring (bicyclic) bond motifs is 1. The number of amides is 1. The van der Waals surface area contributed by atoms with Gasteiger partial charge >= 0.3 is 0 Å². The largest absolute Gasteiger partial charge is 0.312 e. The fourth-order valence-corrected chi connectivity index (χ4v) is 2.29. The number of carbonyl (C=O) groups is 1. The van der Waals surface area contributed by atoms with Gasteiger partial charge in [0.15, 0.2) is 11.5 Å². The molecule has 4 N–H and O–H groups in total. The van der Waals surface area contributed by atoms with Crippen molar-refractivity contribution >= 4 is 11.7 Å². The van der Waals surface area contributed by atoms with E-state index in [1.54, 1.807) is 0 Å². The second kappa shape index (κ2) is 5.09. The van der Waals surface area contributed by atoms with Gasteiger partial charge < -0.3 is 10.6 Å². The van der Waals surface area contributed by atoms with Crippen LogP contribution in [0, 0.1) is 0 Å². The zero-order valence-corrected chi connectivity index (χ0v) is 11.6. The molecule has 0 unspecified atom stereocenters. The van der Waals surface area contributed by atoms with Gasteiger partial charge in [-0.15, -0.1) is 0 Å². The van der Waals surface area contributed by atoms with E-state index in [-0.39, 0.29) is 5.91 Å². The number of hydrogen-bond acceptors (Lipinski definition) is 4. The van der Waals surface area contributed by atoms with Crippen LogP contribution in [0.1, 0.15) is 47.2 Å². The average molecular weight is 274 g/mol. The highest BCUT2D eigenvalue weighted by Crippen LogP contribution is 2.18. The highest BCUT2D eigenvalue weighted by molar-refractivity contribution is 6.03. The third-order valence-electron chi connectivity index (χ3n) is 3.48. The van der Waals surface area contributed by atoms with E-state index < -0.39 is 0 Å². The molecule has 0 fully saturated rings. The molecule has 2 aromatic rings. The first kappa shape index (κ1) is 12.9. The Morgan fingerprint density at radius 2 is 2.20 bits per heavy atom. The summed E-state index contributed by atoms with van der Waals surface area (Å²) in [7, 11) is 0. The average Bonchev–Trinajstić information content (AvgIpc) is 3.04. The van der Waals surface area contributed by atoms with Gasteiger partial charge in [-0.2, -0.15) is 10.2 Å². The van der Waals surface area contributed by atoms with Crippen molar-refractivity contribution in [1.29, 1.82) is 0 Å². The SMILES string of the molecule is CC(C)c1cc(NC(=O)c2n[nH]c3c2CNCC3)n[nH]1. The van der Waals surface area contributed by atoms with Crippen LogP contribution in [0.3, 0.4) is 0 Å². The second-order valence-corrected chi connectivity index (χ2v) is 5.27. The Balaban J connectivity index is 1.77. The normalized spacial score (nSPS) is 14.3. The lowest BCUT2D eigenvalue weighted by atomic mass is 10.1. The highest BCUT2D eigenvalue weighted by Gasteiger charge is 2.22.